The summed E-state index contributed by atoms with van der Waals surface area (Å²) >= 11 is 7.88. The third-order valence-corrected chi connectivity index (χ3v) is 7.96. The molecule has 0 saturated carbocycles. The minimum Gasteiger partial charge on any atom is -0.477 e. The highest BCUT2D eigenvalue weighted by Gasteiger charge is 2.55. The highest BCUT2D eigenvalue weighted by atomic mass is 35.5. The first-order chi connectivity index (χ1) is 18.0. The first kappa shape index (κ1) is 27.9. The fourth-order valence-electron chi connectivity index (χ4n) is 3.63. The molecule has 0 aliphatic carbocycles. The van der Waals surface area contributed by atoms with Gasteiger partial charge in [0, 0.05) is 28.9 Å². The van der Waals surface area contributed by atoms with Crippen LogP contribution in [0.15, 0.2) is 41.0 Å². The third-order valence-electron chi connectivity index (χ3n) is 5.11. The van der Waals surface area contributed by atoms with Gasteiger partial charge in [0.15, 0.2) is 18.9 Å². The molecule has 1 unspecified atom stereocenters. The zero-order chi connectivity index (χ0) is 27.6. The van der Waals surface area contributed by atoms with Crippen LogP contribution >= 0.6 is 42.6 Å². The van der Waals surface area contributed by atoms with E-state index in [0.29, 0.717) is 22.1 Å². The van der Waals surface area contributed by atoms with Crippen LogP contribution in [0, 0.1) is 0 Å². The van der Waals surface area contributed by atoms with Gasteiger partial charge in [0.2, 0.25) is 16.7 Å². The first-order valence-corrected chi connectivity index (χ1v) is 14.5. The number of nitrogens with zero attached hydrogens (tertiary/aromatic N) is 5. The van der Waals surface area contributed by atoms with Gasteiger partial charge < -0.3 is 25.0 Å². The number of aliphatic carboxylic acids is 1. The second kappa shape index (κ2) is 11.3. The van der Waals surface area contributed by atoms with Crippen molar-refractivity contribution in [2.45, 2.75) is 24.9 Å². The van der Waals surface area contributed by atoms with Crippen molar-refractivity contribution in [2.24, 2.45) is 5.16 Å². The van der Waals surface area contributed by atoms with E-state index in [1.54, 1.807) is 36.0 Å². The largest absolute Gasteiger partial charge is 0.477 e. The molecule has 0 bridgehead atoms. The van der Waals surface area contributed by atoms with Crippen molar-refractivity contribution in [2.75, 3.05) is 17.4 Å². The van der Waals surface area contributed by atoms with Crippen LogP contribution in [-0.4, -0.2) is 76.4 Å². The molecule has 202 valence electrons. The van der Waals surface area contributed by atoms with Crippen LogP contribution in [0.25, 0.3) is 0 Å². The lowest BCUT2D eigenvalue weighted by Gasteiger charge is -2.49. The molecule has 4 heterocycles. The van der Waals surface area contributed by atoms with Gasteiger partial charge in [0.25, 0.3) is 11.8 Å². The second-order valence-corrected chi connectivity index (χ2v) is 11.4. The summed E-state index contributed by atoms with van der Waals surface area (Å²) in [7, 11) is -4.66. The Bertz CT molecular complexity index is 1400. The maximum Gasteiger partial charge on any atom is 0.429 e. The number of fused-ring (bicyclic) bond motifs is 1. The summed E-state index contributed by atoms with van der Waals surface area (Å²) in [6, 6.07) is 2.33. The summed E-state index contributed by atoms with van der Waals surface area (Å²) in [6.07, 6.45) is 3.36. The van der Waals surface area contributed by atoms with Crippen molar-refractivity contribution in [3.8, 4) is 0 Å². The number of pyridine rings is 1. The van der Waals surface area contributed by atoms with Crippen LogP contribution in [0.4, 0.5) is 5.13 Å². The molecule has 19 heteroatoms. The highest BCUT2D eigenvalue weighted by molar-refractivity contribution is 8.00. The summed E-state index contributed by atoms with van der Waals surface area (Å²) in [5.41, 5.74) is -0.0882. The van der Waals surface area contributed by atoms with E-state index in [2.05, 4.69) is 19.8 Å². The number of carboxylic acids is 1. The van der Waals surface area contributed by atoms with Crippen LogP contribution < -0.4 is 15.0 Å². The van der Waals surface area contributed by atoms with Crippen molar-refractivity contribution >= 4 is 71.3 Å². The highest BCUT2D eigenvalue weighted by Crippen LogP contribution is 2.40. The Labute approximate surface area is 227 Å². The summed E-state index contributed by atoms with van der Waals surface area (Å²) in [4.78, 5) is 66.2. The second-order valence-electron chi connectivity index (χ2n) is 7.75. The lowest BCUT2D eigenvalue weighted by atomic mass is 10.0. The number of oxime groups is 1. The van der Waals surface area contributed by atoms with Crippen molar-refractivity contribution < 1.29 is 43.2 Å². The SMILES string of the molecule is CCON=C(C(=O)NC1C(=O)N2C(C(=O)O)=C(C[n+]3cccc(Cl)c3)CS[C@@H]12)c1nsc(NP(=O)(O)O)n1. The van der Waals surface area contributed by atoms with Crippen molar-refractivity contribution in [3.05, 3.63) is 46.6 Å². The molecule has 2 atom stereocenters. The van der Waals surface area contributed by atoms with Crippen LogP contribution in [0.1, 0.15) is 12.7 Å². The average Bonchev–Trinajstić information content (AvgIpc) is 3.28. The van der Waals surface area contributed by atoms with Gasteiger partial charge in [-0.1, -0.05) is 16.8 Å². The summed E-state index contributed by atoms with van der Waals surface area (Å²) in [5, 5.41) is 17.4. The molecule has 0 spiro atoms. The molecule has 1 fully saturated rings. The fraction of sp³-hybridized carbons (Fsp3) is 0.316. The fourth-order valence-corrected chi connectivity index (χ4v) is 6.41. The number of hydrogen-bond donors (Lipinski definition) is 5. The number of amides is 2. The minimum absolute atomic E-state index is 0.0866. The Morgan fingerprint density at radius 2 is 2.18 bits per heavy atom. The predicted molar refractivity (Wildman–Crippen MR) is 135 cm³/mol. The van der Waals surface area contributed by atoms with E-state index in [9.17, 15) is 24.1 Å². The molecule has 2 aromatic heterocycles. The van der Waals surface area contributed by atoms with Crippen molar-refractivity contribution in [1.29, 1.82) is 0 Å². The Balaban J connectivity index is 1.52. The van der Waals surface area contributed by atoms with E-state index >= 15 is 0 Å². The molecule has 0 aromatic carbocycles. The van der Waals surface area contributed by atoms with E-state index in [0.717, 1.165) is 4.90 Å². The molecule has 15 nitrogen and oxygen atoms in total. The standard InChI is InChI=1S/C19H19ClN7O8PS2/c1-2-35-23-11(14-22-19(38-25-14)24-36(32,33)34)15(28)21-12-16(29)27-13(18(30)31)9(8-37-17(12)27)6-26-5-3-4-10(20)7-26/h3-5,7,12,17H,2,6,8H2,1H3,(H4-,21,22,24,25,28,30,31,32,33,34)/p+1/t12?,17-/m0/s1. The first-order valence-electron chi connectivity index (χ1n) is 10.7. The number of anilines is 1. The summed E-state index contributed by atoms with van der Waals surface area (Å²) < 4.78 is 16.7. The lowest BCUT2D eigenvalue weighted by molar-refractivity contribution is -0.689. The van der Waals surface area contributed by atoms with Gasteiger partial charge in [-0.05, 0) is 13.0 Å². The van der Waals surface area contributed by atoms with Crippen molar-refractivity contribution in [3.63, 3.8) is 0 Å². The molecule has 5 N–H and O–H groups in total. The number of aromatic nitrogens is 3. The lowest BCUT2D eigenvalue weighted by Crippen LogP contribution is -2.71. The zero-order valence-corrected chi connectivity index (χ0v) is 22.6. The van der Waals surface area contributed by atoms with Gasteiger partial charge in [0.1, 0.15) is 28.7 Å². The van der Waals surface area contributed by atoms with Crippen LogP contribution in [-0.2, 0) is 30.3 Å². The van der Waals surface area contributed by atoms with Gasteiger partial charge in [-0.15, -0.1) is 11.8 Å². The molecule has 2 amide bonds. The molecular formula is C19H20ClN7O8PS2+. The van der Waals surface area contributed by atoms with Crippen molar-refractivity contribution in [1.82, 2.24) is 19.6 Å². The normalized spacial score (nSPS) is 19.5. The molecule has 2 aliphatic heterocycles. The average molecular weight is 605 g/mol. The number of thioether (sulfide) groups is 1. The third kappa shape index (κ3) is 6.14. The monoisotopic (exact) mass is 604 g/mol. The number of rotatable bonds is 10. The number of carbonyl (C=O) groups excluding carboxylic acids is 2. The van der Waals surface area contributed by atoms with Gasteiger partial charge in [-0.25, -0.2) is 9.36 Å². The Hall–Kier alpha value is -3.08. The zero-order valence-electron chi connectivity index (χ0n) is 19.3. The maximum absolute atomic E-state index is 13.0. The Morgan fingerprint density at radius 3 is 2.84 bits per heavy atom. The van der Waals surface area contributed by atoms with Gasteiger partial charge in [-0.3, -0.25) is 19.6 Å². The van der Waals surface area contributed by atoms with E-state index in [1.807, 2.05) is 5.09 Å². The van der Waals surface area contributed by atoms with E-state index < -0.39 is 42.7 Å². The van der Waals surface area contributed by atoms with Gasteiger partial charge in [0.05, 0.1) is 0 Å². The van der Waals surface area contributed by atoms with E-state index in [-0.39, 0.29) is 35.6 Å². The number of β-lactam (4-membered cyclic amide) rings is 1. The predicted octanol–water partition coefficient (Wildman–Crippen LogP) is 0.163. The minimum atomic E-state index is -4.66. The maximum atomic E-state index is 13.0. The van der Waals surface area contributed by atoms with E-state index in [4.69, 9.17) is 26.2 Å². The number of carbonyl (C=O) groups is 3. The number of hydrogen-bond acceptors (Lipinski definition) is 10. The van der Waals surface area contributed by atoms with E-state index in [1.165, 1.54) is 11.8 Å². The Morgan fingerprint density at radius 1 is 1.42 bits per heavy atom. The number of carboxylic acid groups (broad SMARTS) is 1. The molecule has 0 radical (unpaired) electrons. The van der Waals surface area contributed by atoms with Gasteiger partial charge >= 0.3 is 13.7 Å². The molecular weight excluding hydrogens is 585 g/mol. The molecule has 2 aliphatic rings. The molecule has 2 aromatic rings. The summed E-state index contributed by atoms with van der Waals surface area (Å²) in [5.74, 6) is -2.80. The smallest absolute Gasteiger partial charge is 0.429 e. The Kier molecular flexibility index (Phi) is 8.34. The van der Waals surface area contributed by atoms with Crippen LogP contribution in [0.3, 0.4) is 0 Å². The quantitative estimate of drug-likeness (QED) is 0.0808. The summed E-state index contributed by atoms with van der Waals surface area (Å²) in [6.45, 7) is 1.90. The molecule has 38 heavy (non-hydrogen) atoms. The van der Waals surface area contributed by atoms with Gasteiger partial charge in [-0.2, -0.15) is 13.9 Å². The number of halogens is 1. The van der Waals surface area contributed by atoms with Crippen LogP contribution in [0.5, 0.6) is 0 Å². The molecule has 1 saturated heterocycles. The number of nitrogens with one attached hydrogen (secondary N) is 2. The van der Waals surface area contributed by atoms with Crippen LogP contribution in [0.2, 0.25) is 5.02 Å². The molecule has 4 rings (SSSR count). The topological polar surface area (TPSA) is 208 Å².